The van der Waals surface area contributed by atoms with Crippen LogP contribution in [-0.2, 0) is 4.74 Å². The van der Waals surface area contributed by atoms with Gasteiger partial charge in [-0.1, -0.05) is 6.92 Å². The first-order valence-electron chi connectivity index (χ1n) is 6.34. The second-order valence-electron chi connectivity index (χ2n) is 5.86. The van der Waals surface area contributed by atoms with Crippen molar-refractivity contribution >= 4 is 0 Å². The Bertz CT molecular complexity index is 174. The molecule has 0 aliphatic carbocycles. The number of hydrogen-bond acceptors (Lipinski definition) is 2. The average molecular weight is 213 g/mol. The summed E-state index contributed by atoms with van der Waals surface area (Å²) >= 11 is 0. The minimum absolute atomic E-state index is 0.0230. The van der Waals surface area contributed by atoms with E-state index in [1.54, 1.807) is 0 Å². The third kappa shape index (κ3) is 6.16. The van der Waals surface area contributed by atoms with Crippen LogP contribution in [0.1, 0.15) is 47.0 Å². The maximum atomic E-state index is 5.72. The van der Waals surface area contributed by atoms with E-state index in [1.165, 1.54) is 38.9 Å². The Morgan fingerprint density at radius 2 is 2.07 bits per heavy atom. The van der Waals surface area contributed by atoms with Crippen molar-refractivity contribution in [1.82, 2.24) is 4.90 Å². The summed E-state index contributed by atoms with van der Waals surface area (Å²) in [6.45, 7) is 13.4. The molecule has 0 aromatic carbocycles. The Balaban J connectivity index is 2.04. The third-order valence-electron chi connectivity index (χ3n) is 2.89. The monoisotopic (exact) mass is 213 g/mol. The normalized spacial score (nSPS) is 24.4. The quantitative estimate of drug-likeness (QED) is 0.666. The van der Waals surface area contributed by atoms with E-state index in [-0.39, 0.29) is 5.60 Å². The zero-order valence-corrected chi connectivity index (χ0v) is 10.9. The van der Waals surface area contributed by atoms with Crippen molar-refractivity contribution in [3.63, 3.8) is 0 Å². The van der Waals surface area contributed by atoms with Crippen LogP contribution in [0, 0.1) is 5.92 Å². The van der Waals surface area contributed by atoms with Crippen molar-refractivity contribution < 1.29 is 4.74 Å². The van der Waals surface area contributed by atoms with Gasteiger partial charge in [-0.25, -0.2) is 0 Å². The number of hydrogen-bond donors (Lipinski definition) is 0. The van der Waals surface area contributed by atoms with Gasteiger partial charge in [0.2, 0.25) is 0 Å². The summed E-state index contributed by atoms with van der Waals surface area (Å²) in [4.78, 5) is 2.58. The van der Waals surface area contributed by atoms with Gasteiger partial charge < -0.3 is 9.64 Å². The van der Waals surface area contributed by atoms with Crippen LogP contribution >= 0.6 is 0 Å². The Kier molecular flexibility index (Phi) is 5.07. The molecule has 2 nitrogen and oxygen atoms in total. The summed E-state index contributed by atoms with van der Waals surface area (Å²) in [5.41, 5.74) is 0.0230. The fraction of sp³-hybridized carbons (Fsp3) is 1.00. The average Bonchev–Trinajstić information content (AvgIpc) is 2.11. The number of rotatable bonds is 4. The molecular formula is C13H27NO. The Morgan fingerprint density at radius 1 is 1.33 bits per heavy atom. The van der Waals surface area contributed by atoms with Crippen LogP contribution in [0.25, 0.3) is 0 Å². The van der Waals surface area contributed by atoms with Gasteiger partial charge in [-0.2, -0.15) is 0 Å². The van der Waals surface area contributed by atoms with Crippen molar-refractivity contribution in [2.24, 2.45) is 5.92 Å². The Morgan fingerprint density at radius 3 is 2.67 bits per heavy atom. The van der Waals surface area contributed by atoms with Gasteiger partial charge in [0.15, 0.2) is 0 Å². The van der Waals surface area contributed by atoms with E-state index >= 15 is 0 Å². The van der Waals surface area contributed by atoms with E-state index in [2.05, 4.69) is 32.6 Å². The molecule has 1 saturated heterocycles. The summed E-state index contributed by atoms with van der Waals surface area (Å²) in [7, 11) is 0. The van der Waals surface area contributed by atoms with Gasteiger partial charge in [0, 0.05) is 19.7 Å². The molecular weight excluding hydrogens is 186 g/mol. The van der Waals surface area contributed by atoms with Crippen molar-refractivity contribution in [3.05, 3.63) is 0 Å². The molecule has 0 aromatic rings. The molecule has 1 fully saturated rings. The molecule has 90 valence electrons. The van der Waals surface area contributed by atoms with Crippen LogP contribution in [0.3, 0.4) is 0 Å². The summed E-state index contributed by atoms with van der Waals surface area (Å²) in [5.74, 6) is 0.891. The predicted octanol–water partition coefficient (Wildman–Crippen LogP) is 2.92. The maximum Gasteiger partial charge on any atom is 0.0598 e. The smallest absolute Gasteiger partial charge is 0.0598 e. The van der Waals surface area contributed by atoms with E-state index < -0.39 is 0 Å². The van der Waals surface area contributed by atoms with E-state index in [1.807, 2.05) is 0 Å². The largest absolute Gasteiger partial charge is 0.376 e. The second kappa shape index (κ2) is 5.86. The van der Waals surface area contributed by atoms with Crippen LogP contribution in [0.4, 0.5) is 0 Å². The molecule has 1 heterocycles. The van der Waals surface area contributed by atoms with E-state index in [0.29, 0.717) is 0 Å². The summed E-state index contributed by atoms with van der Waals surface area (Å²) in [6, 6.07) is 0. The molecule has 1 aliphatic rings. The van der Waals surface area contributed by atoms with Crippen molar-refractivity contribution in [2.45, 2.75) is 52.6 Å². The number of ether oxygens (including phenoxy) is 1. The molecule has 0 saturated carbocycles. The lowest BCUT2D eigenvalue weighted by Gasteiger charge is -2.31. The van der Waals surface area contributed by atoms with Crippen LogP contribution in [-0.4, -0.2) is 36.7 Å². The molecule has 0 aromatic heterocycles. The second-order valence-corrected chi connectivity index (χ2v) is 5.86. The zero-order valence-electron chi connectivity index (χ0n) is 10.9. The molecule has 0 radical (unpaired) electrons. The van der Waals surface area contributed by atoms with Gasteiger partial charge in [-0.3, -0.25) is 0 Å². The van der Waals surface area contributed by atoms with Crippen LogP contribution in [0.15, 0.2) is 0 Å². The highest BCUT2D eigenvalue weighted by Gasteiger charge is 2.16. The van der Waals surface area contributed by atoms with E-state index in [9.17, 15) is 0 Å². The molecule has 0 spiro atoms. The van der Waals surface area contributed by atoms with Gasteiger partial charge >= 0.3 is 0 Å². The molecule has 0 bridgehead atoms. The van der Waals surface area contributed by atoms with Gasteiger partial charge in [-0.15, -0.1) is 0 Å². The highest BCUT2D eigenvalue weighted by Crippen LogP contribution is 2.15. The summed E-state index contributed by atoms with van der Waals surface area (Å²) in [6.07, 6.45) is 3.96. The number of likely N-dealkylation sites (tertiary alicyclic amines) is 1. The molecule has 1 aliphatic heterocycles. The highest BCUT2D eigenvalue weighted by atomic mass is 16.5. The topological polar surface area (TPSA) is 12.5 Å². The lowest BCUT2D eigenvalue weighted by molar-refractivity contribution is -0.00797. The van der Waals surface area contributed by atoms with Crippen LogP contribution in [0.5, 0.6) is 0 Å². The Hall–Kier alpha value is -0.0800. The molecule has 0 amide bonds. The van der Waals surface area contributed by atoms with Crippen molar-refractivity contribution in [3.8, 4) is 0 Å². The first-order valence-corrected chi connectivity index (χ1v) is 6.34. The molecule has 1 atom stereocenters. The lowest BCUT2D eigenvalue weighted by Crippen LogP contribution is -2.35. The van der Waals surface area contributed by atoms with Crippen LogP contribution in [0.2, 0.25) is 0 Å². The third-order valence-corrected chi connectivity index (χ3v) is 2.89. The van der Waals surface area contributed by atoms with E-state index in [0.717, 1.165) is 12.5 Å². The number of piperidine rings is 1. The summed E-state index contributed by atoms with van der Waals surface area (Å²) in [5, 5.41) is 0. The lowest BCUT2D eigenvalue weighted by atomic mass is 10.0. The molecule has 0 unspecified atom stereocenters. The molecule has 1 rings (SSSR count). The highest BCUT2D eigenvalue weighted by molar-refractivity contribution is 4.69. The molecule has 0 N–H and O–H groups in total. The van der Waals surface area contributed by atoms with Crippen molar-refractivity contribution in [1.29, 1.82) is 0 Å². The first kappa shape index (κ1) is 13.0. The number of nitrogens with zero attached hydrogens (tertiary/aromatic N) is 1. The van der Waals surface area contributed by atoms with Gasteiger partial charge in [-0.05, 0) is 52.5 Å². The molecule has 2 heteroatoms. The fourth-order valence-corrected chi connectivity index (χ4v) is 2.16. The first-order chi connectivity index (χ1) is 6.97. The SMILES string of the molecule is C[C@H]1CCCN(CCCOC(C)(C)C)C1. The van der Waals surface area contributed by atoms with E-state index in [4.69, 9.17) is 4.74 Å². The van der Waals surface area contributed by atoms with Gasteiger partial charge in [0.1, 0.15) is 0 Å². The summed E-state index contributed by atoms with van der Waals surface area (Å²) < 4.78 is 5.72. The van der Waals surface area contributed by atoms with Gasteiger partial charge in [0.25, 0.3) is 0 Å². The van der Waals surface area contributed by atoms with Crippen LogP contribution < -0.4 is 0 Å². The minimum Gasteiger partial charge on any atom is -0.376 e. The fourth-order valence-electron chi connectivity index (χ4n) is 2.16. The van der Waals surface area contributed by atoms with Gasteiger partial charge in [0.05, 0.1) is 5.60 Å². The maximum absolute atomic E-state index is 5.72. The minimum atomic E-state index is 0.0230. The molecule has 15 heavy (non-hydrogen) atoms. The van der Waals surface area contributed by atoms with Crippen molar-refractivity contribution in [2.75, 3.05) is 26.2 Å². The predicted molar refractivity (Wildman–Crippen MR) is 65.2 cm³/mol. The Labute approximate surface area is 95.0 Å². The standard InChI is InChI=1S/C13H27NO/c1-12-7-5-8-14(11-12)9-6-10-15-13(2,3)4/h12H,5-11H2,1-4H3/t12-/m0/s1. The zero-order chi connectivity index (χ0) is 11.3.